The standard InChI is InChI=1S/C15H14F2O.C14H14/c1-3-18-13-9-8-12(14(16)15(13)17)11-6-4-10(2)5-7-11;1-11-3-7-13(8-4-11)14-9-5-12(2)6-10-14/h4-9H,3H2,1-2H3;3-10H,1-2H3. The maximum atomic E-state index is 13.9. The Kier molecular flexibility index (Phi) is 7.77. The van der Waals surface area contributed by atoms with Crippen molar-refractivity contribution in [2.75, 3.05) is 6.61 Å². The number of hydrogen-bond donors (Lipinski definition) is 0. The van der Waals surface area contributed by atoms with E-state index in [1.54, 1.807) is 19.1 Å². The van der Waals surface area contributed by atoms with Crippen molar-refractivity contribution < 1.29 is 13.5 Å². The van der Waals surface area contributed by atoms with Gasteiger partial charge in [-0.25, -0.2) is 4.39 Å². The summed E-state index contributed by atoms with van der Waals surface area (Å²) < 4.78 is 32.6. The van der Waals surface area contributed by atoms with Crippen LogP contribution in [0.1, 0.15) is 23.6 Å². The highest BCUT2D eigenvalue weighted by atomic mass is 19.2. The topological polar surface area (TPSA) is 9.23 Å². The Morgan fingerprint density at radius 1 is 0.531 bits per heavy atom. The predicted molar refractivity (Wildman–Crippen MR) is 129 cm³/mol. The first-order valence-electron chi connectivity index (χ1n) is 10.7. The second kappa shape index (κ2) is 10.7. The first kappa shape index (κ1) is 23.2. The zero-order valence-electron chi connectivity index (χ0n) is 19.0. The van der Waals surface area contributed by atoms with Gasteiger partial charge in [0.2, 0.25) is 5.82 Å². The van der Waals surface area contributed by atoms with Crippen molar-refractivity contribution in [1.29, 1.82) is 0 Å². The fourth-order valence-electron chi connectivity index (χ4n) is 3.25. The summed E-state index contributed by atoms with van der Waals surface area (Å²) in [6, 6.07) is 27.5. The van der Waals surface area contributed by atoms with Crippen molar-refractivity contribution in [3.05, 3.63) is 113 Å². The van der Waals surface area contributed by atoms with Gasteiger partial charge < -0.3 is 4.74 Å². The summed E-state index contributed by atoms with van der Waals surface area (Å²) in [5.41, 5.74) is 7.16. The third kappa shape index (κ3) is 5.82. The number of aryl methyl sites for hydroxylation is 3. The molecule has 0 N–H and O–H groups in total. The van der Waals surface area contributed by atoms with Crippen LogP contribution in [-0.2, 0) is 0 Å². The molecule has 1 nitrogen and oxygen atoms in total. The van der Waals surface area contributed by atoms with Gasteiger partial charge in [-0.05, 0) is 56.5 Å². The molecule has 3 heteroatoms. The van der Waals surface area contributed by atoms with Crippen LogP contribution in [0.2, 0.25) is 0 Å². The molecule has 0 fully saturated rings. The minimum Gasteiger partial charge on any atom is -0.491 e. The third-order valence-corrected chi connectivity index (χ3v) is 5.15. The first-order chi connectivity index (χ1) is 15.4. The van der Waals surface area contributed by atoms with Crippen LogP contribution in [0.25, 0.3) is 22.3 Å². The molecule has 0 atom stereocenters. The van der Waals surface area contributed by atoms with Gasteiger partial charge in [-0.2, -0.15) is 4.39 Å². The largest absolute Gasteiger partial charge is 0.491 e. The maximum absolute atomic E-state index is 13.9. The van der Waals surface area contributed by atoms with Crippen LogP contribution in [0.3, 0.4) is 0 Å². The molecule has 0 saturated carbocycles. The Morgan fingerprint density at radius 2 is 0.938 bits per heavy atom. The maximum Gasteiger partial charge on any atom is 0.201 e. The zero-order chi connectivity index (χ0) is 23.1. The van der Waals surface area contributed by atoms with E-state index in [1.807, 2.05) is 19.1 Å². The first-order valence-corrected chi connectivity index (χ1v) is 10.7. The van der Waals surface area contributed by atoms with Crippen molar-refractivity contribution in [3.63, 3.8) is 0 Å². The van der Waals surface area contributed by atoms with Gasteiger partial charge in [0, 0.05) is 5.56 Å². The number of ether oxygens (including phenoxy) is 1. The Balaban J connectivity index is 0.000000186. The minimum absolute atomic E-state index is 0.0501. The van der Waals surface area contributed by atoms with Gasteiger partial charge in [-0.15, -0.1) is 0 Å². The Labute approximate surface area is 189 Å². The lowest BCUT2D eigenvalue weighted by molar-refractivity contribution is 0.314. The van der Waals surface area contributed by atoms with Gasteiger partial charge in [0.1, 0.15) is 0 Å². The molecule has 0 aromatic heterocycles. The van der Waals surface area contributed by atoms with Crippen LogP contribution < -0.4 is 4.74 Å². The van der Waals surface area contributed by atoms with E-state index in [9.17, 15) is 8.78 Å². The van der Waals surface area contributed by atoms with E-state index in [-0.39, 0.29) is 11.3 Å². The molecule has 0 heterocycles. The quantitative estimate of drug-likeness (QED) is 0.316. The molecule has 32 heavy (non-hydrogen) atoms. The summed E-state index contributed by atoms with van der Waals surface area (Å²) in [4.78, 5) is 0. The van der Waals surface area contributed by atoms with E-state index in [1.165, 1.54) is 34.4 Å². The smallest absolute Gasteiger partial charge is 0.201 e. The van der Waals surface area contributed by atoms with Crippen molar-refractivity contribution >= 4 is 0 Å². The van der Waals surface area contributed by atoms with Crippen molar-refractivity contribution in [2.24, 2.45) is 0 Å². The lowest BCUT2D eigenvalue weighted by Gasteiger charge is -2.09. The summed E-state index contributed by atoms with van der Waals surface area (Å²) in [6.07, 6.45) is 0. The monoisotopic (exact) mass is 430 g/mol. The Morgan fingerprint density at radius 3 is 1.34 bits per heavy atom. The Bertz CT molecular complexity index is 1100. The highest BCUT2D eigenvalue weighted by Gasteiger charge is 2.15. The number of rotatable bonds is 4. The lowest BCUT2D eigenvalue weighted by Crippen LogP contribution is -1.98. The summed E-state index contributed by atoms with van der Waals surface area (Å²) >= 11 is 0. The van der Waals surface area contributed by atoms with Gasteiger partial charge in [0.05, 0.1) is 6.61 Å². The van der Waals surface area contributed by atoms with E-state index < -0.39 is 11.6 Å². The lowest BCUT2D eigenvalue weighted by atomic mass is 10.0. The van der Waals surface area contributed by atoms with Crippen molar-refractivity contribution in [1.82, 2.24) is 0 Å². The molecule has 0 aliphatic carbocycles. The molecule has 0 unspecified atom stereocenters. The molecule has 0 aliphatic rings. The number of benzene rings is 4. The number of halogens is 2. The van der Waals surface area contributed by atoms with Crippen LogP contribution in [0, 0.1) is 32.4 Å². The molecular formula is C29H28F2O. The molecule has 164 valence electrons. The van der Waals surface area contributed by atoms with Gasteiger partial charge in [-0.1, -0.05) is 89.5 Å². The summed E-state index contributed by atoms with van der Waals surface area (Å²) in [5, 5.41) is 0. The fourth-order valence-corrected chi connectivity index (χ4v) is 3.25. The van der Waals surface area contributed by atoms with Gasteiger partial charge in [-0.3, -0.25) is 0 Å². The number of hydrogen-bond acceptors (Lipinski definition) is 1. The summed E-state index contributed by atoms with van der Waals surface area (Å²) in [6.45, 7) is 8.20. The minimum atomic E-state index is -0.935. The average molecular weight is 431 g/mol. The molecule has 0 spiro atoms. The normalized spacial score (nSPS) is 10.3. The van der Waals surface area contributed by atoms with Crippen molar-refractivity contribution in [2.45, 2.75) is 27.7 Å². The van der Waals surface area contributed by atoms with Crippen LogP contribution >= 0.6 is 0 Å². The van der Waals surface area contributed by atoms with Crippen LogP contribution in [-0.4, -0.2) is 6.61 Å². The molecule has 0 bridgehead atoms. The second-order valence-electron chi connectivity index (χ2n) is 7.77. The van der Waals surface area contributed by atoms with E-state index in [0.29, 0.717) is 12.2 Å². The molecule has 0 radical (unpaired) electrons. The molecule has 4 aromatic rings. The van der Waals surface area contributed by atoms with Gasteiger partial charge in [0.25, 0.3) is 0 Å². The highest BCUT2D eigenvalue weighted by molar-refractivity contribution is 5.66. The molecule has 4 aromatic carbocycles. The molecule has 0 saturated heterocycles. The highest BCUT2D eigenvalue weighted by Crippen LogP contribution is 2.30. The van der Waals surface area contributed by atoms with Crippen molar-refractivity contribution in [3.8, 4) is 28.0 Å². The van der Waals surface area contributed by atoms with Gasteiger partial charge in [0.15, 0.2) is 11.6 Å². The van der Waals surface area contributed by atoms with E-state index >= 15 is 0 Å². The summed E-state index contributed by atoms with van der Waals surface area (Å²) in [5.74, 6) is -1.86. The van der Waals surface area contributed by atoms with Crippen LogP contribution in [0.5, 0.6) is 5.75 Å². The fraction of sp³-hybridized carbons (Fsp3) is 0.172. The summed E-state index contributed by atoms with van der Waals surface area (Å²) in [7, 11) is 0. The zero-order valence-corrected chi connectivity index (χ0v) is 19.0. The molecular weight excluding hydrogens is 402 g/mol. The molecule has 0 aliphatic heterocycles. The van der Waals surface area contributed by atoms with Crippen LogP contribution in [0.4, 0.5) is 8.78 Å². The van der Waals surface area contributed by atoms with E-state index in [2.05, 4.69) is 62.4 Å². The second-order valence-corrected chi connectivity index (χ2v) is 7.77. The predicted octanol–water partition coefficient (Wildman–Crippen LogP) is 8.31. The van der Waals surface area contributed by atoms with Gasteiger partial charge >= 0.3 is 0 Å². The van der Waals surface area contributed by atoms with Crippen LogP contribution in [0.15, 0.2) is 84.9 Å². The Hall–Kier alpha value is -3.46. The van der Waals surface area contributed by atoms with E-state index in [4.69, 9.17) is 4.74 Å². The van der Waals surface area contributed by atoms with E-state index in [0.717, 1.165) is 5.56 Å². The third-order valence-electron chi connectivity index (χ3n) is 5.15. The average Bonchev–Trinajstić information content (AvgIpc) is 2.80. The molecule has 4 rings (SSSR count). The SMILES string of the molecule is CCOc1ccc(-c2ccc(C)cc2)c(F)c1F.Cc1ccc(-c2ccc(C)cc2)cc1. The molecule has 0 amide bonds.